The molecular formula is C12H9FO. The third-order valence-corrected chi connectivity index (χ3v) is 2.86. The van der Waals surface area contributed by atoms with Crippen molar-refractivity contribution in [3.63, 3.8) is 0 Å². The topological polar surface area (TPSA) is 20.2 Å². The van der Waals surface area contributed by atoms with Crippen LogP contribution in [0.15, 0.2) is 36.4 Å². The van der Waals surface area contributed by atoms with E-state index in [4.69, 9.17) is 0 Å². The predicted octanol–water partition coefficient (Wildman–Crippen LogP) is 2.90. The van der Waals surface area contributed by atoms with Crippen molar-refractivity contribution < 1.29 is 9.50 Å². The Morgan fingerprint density at radius 3 is 2.36 bits per heavy atom. The highest BCUT2D eigenvalue weighted by Gasteiger charge is 2.32. The SMILES string of the molecule is O[C@H]1c2cccc3cccc(c23)[C@H]1F. The third kappa shape index (κ3) is 0.814. The van der Waals surface area contributed by atoms with Gasteiger partial charge in [-0.3, -0.25) is 0 Å². The quantitative estimate of drug-likeness (QED) is 0.674. The number of hydrogen-bond donors (Lipinski definition) is 1. The van der Waals surface area contributed by atoms with Crippen molar-refractivity contribution in [1.82, 2.24) is 0 Å². The van der Waals surface area contributed by atoms with Gasteiger partial charge in [0, 0.05) is 0 Å². The smallest absolute Gasteiger partial charge is 0.156 e. The van der Waals surface area contributed by atoms with Gasteiger partial charge in [-0.05, 0) is 21.9 Å². The van der Waals surface area contributed by atoms with Gasteiger partial charge in [-0.1, -0.05) is 36.4 Å². The van der Waals surface area contributed by atoms with Crippen LogP contribution in [0.4, 0.5) is 4.39 Å². The van der Waals surface area contributed by atoms with Crippen molar-refractivity contribution in [3.8, 4) is 0 Å². The fraction of sp³-hybridized carbons (Fsp3) is 0.167. The first kappa shape index (κ1) is 7.94. The molecule has 0 saturated heterocycles. The average molecular weight is 188 g/mol. The Hall–Kier alpha value is -1.41. The van der Waals surface area contributed by atoms with E-state index in [0.29, 0.717) is 11.1 Å². The second kappa shape index (κ2) is 2.55. The number of alkyl halides is 1. The summed E-state index contributed by atoms with van der Waals surface area (Å²) < 4.78 is 13.6. The predicted molar refractivity (Wildman–Crippen MR) is 52.8 cm³/mol. The summed E-state index contributed by atoms with van der Waals surface area (Å²) in [4.78, 5) is 0. The first-order valence-electron chi connectivity index (χ1n) is 4.63. The van der Waals surface area contributed by atoms with Crippen LogP contribution in [0.1, 0.15) is 23.4 Å². The molecular weight excluding hydrogens is 179 g/mol. The lowest BCUT2D eigenvalue weighted by Gasteiger charge is -2.05. The first-order valence-corrected chi connectivity index (χ1v) is 4.63. The maximum atomic E-state index is 13.6. The molecule has 14 heavy (non-hydrogen) atoms. The lowest BCUT2D eigenvalue weighted by Crippen LogP contribution is -1.97. The standard InChI is InChI=1S/C12H9FO/c13-11-8-5-1-3-7-4-2-6-9(10(7)8)12(11)14/h1-6,11-12,14H/t11-,12+/m1/s1. The number of aliphatic hydroxyl groups is 1. The minimum Gasteiger partial charge on any atom is -0.385 e. The van der Waals surface area contributed by atoms with Gasteiger partial charge in [0.15, 0.2) is 6.17 Å². The highest BCUT2D eigenvalue weighted by atomic mass is 19.1. The molecule has 2 atom stereocenters. The van der Waals surface area contributed by atoms with Gasteiger partial charge in [0.05, 0.1) is 0 Å². The molecule has 2 heteroatoms. The summed E-state index contributed by atoms with van der Waals surface area (Å²) in [5.41, 5.74) is 1.33. The van der Waals surface area contributed by atoms with Crippen molar-refractivity contribution in [1.29, 1.82) is 0 Å². The third-order valence-electron chi connectivity index (χ3n) is 2.86. The zero-order chi connectivity index (χ0) is 9.71. The van der Waals surface area contributed by atoms with Gasteiger partial charge in [-0.25, -0.2) is 4.39 Å². The Labute approximate surface area is 80.8 Å². The van der Waals surface area contributed by atoms with Crippen LogP contribution in [0.3, 0.4) is 0 Å². The Bertz CT molecular complexity index is 464. The molecule has 1 N–H and O–H groups in total. The molecule has 0 heterocycles. The molecule has 0 bridgehead atoms. The normalized spacial score (nSPS) is 24.4. The number of benzene rings is 2. The summed E-state index contributed by atoms with van der Waals surface area (Å²) in [5.74, 6) is 0. The molecule has 3 rings (SSSR count). The van der Waals surface area contributed by atoms with Gasteiger partial charge in [0.2, 0.25) is 0 Å². The summed E-state index contributed by atoms with van der Waals surface area (Å²) in [6.45, 7) is 0. The summed E-state index contributed by atoms with van der Waals surface area (Å²) >= 11 is 0. The van der Waals surface area contributed by atoms with E-state index in [2.05, 4.69) is 0 Å². The van der Waals surface area contributed by atoms with Crippen molar-refractivity contribution in [2.45, 2.75) is 12.3 Å². The zero-order valence-corrected chi connectivity index (χ0v) is 7.44. The molecule has 0 spiro atoms. The summed E-state index contributed by atoms with van der Waals surface area (Å²) in [7, 11) is 0. The fourth-order valence-corrected chi connectivity index (χ4v) is 2.20. The van der Waals surface area contributed by atoms with Gasteiger partial charge in [0.1, 0.15) is 6.10 Å². The Morgan fingerprint density at radius 2 is 1.64 bits per heavy atom. The first-order chi connectivity index (χ1) is 6.79. The molecule has 1 aliphatic rings. The highest BCUT2D eigenvalue weighted by Crippen LogP contribution is 2.45. The van der Waals surface area contributed by atoms with Gasteiger partial charge < -0.3 is 5.11 Å². The van der Waals surface area contributed by atoms with Crippen molar-refractivity contribution in [2.75, 3.05) is 0 Å². The molecule has 0 unspecified atom stereocenters. The summed E-state index contributed by atoms with van der Waals surface area (Å²) in [6.07, 6.45) is -2.26. The molecule has 1 nitrogen and oxygen atoms in total. The molecule has 0 aliphatic heterocycles. The van der Waals surface area contributed by atoms with Crippen LogP contribution in [0.2, 0.25) is 0 Å². The van der Waals surface area contributed by atoms with Gasteiger partial charge >= 0.3 is 0 Å². The Morgan fingerprint density at radius 1 is 1.00 bits per heavy atom. The fourth-order valence-electron chi connectivity index (χ4n) is 2.20. The molecule has 0 fully saturated rings. The molecule has 0 saturated carbocycles. The molecule has 0 radical (unpaired) electrons. The van der Waals surface area contributed by atoms with Gasteiger partial charge in [-0.2, -0.15) is 0 Å². The second-order valence-electron chi connectivity index (χ2n) is 3.64. The maximum Gasteiger partial charge on any atom is 0.156 e. The van der Waals surface area contributed by atoms with Crippen LogP contribution in [-0.4, -0.2) is 5.11 Å². The average Bonchev–Trinajstić information content (AvgIpc) is 2.47. The van der Waals surface area contributed by atoms with Gasteiger partial charge in [0.25, 0.3) is 0 Å². The minimum absolute atomic E-state index is 0.616. The molecule has 1 aliphatic carbocycles. The van der Waals surface area contributed by atoms with Crippen LogP contribution in [0.5, 0.6) is 0 Å². The van der Waals surface area contributed by atoms with Gasteiger partial charge in [-0.15, -0.1) is 0 Å². The maximum absolute atomic E-state index is 13.6. The van der Waals surface area contributed by atoms with Crippen LogP contribution in [-0.2, 0) is 0 Å². The van der Waals surface area contributed by atoms with Crippen molar-refractivity contribution in [3.05, 3.63) is 47.5 Å². The summed E-state index contributed by atoms with van der Waals surface area (Å²) in [6, 6.07) is 11.1. The number of halogens is 1. The zero-order valence-electron chi connectivity index (χ0n) is 7.44. The molecule has 2 aromatic carbocycles. The van der Waals surface area contributed by atoms with Crippen LogP contribution in [0.25, 0.3) is 10.8 Å². The number of rotatable bonds is 0. The Kier molecular flexibility index (Phi) is 1.45. The lowest BCUT2D eigenvalue weighted by atomic mass is 10.1. The lowest BCUT2D eigenvalue weighted by molar-refractivity contribution is 0.0862. The van der Waals surface area contributed by atoms with Crippen molar-refractivity contribution >= 4 is 10.8 Å². The largest absolute Gasteiger partial charge is 0.385 e. The van der Waals surface area contributed by atoms with E-state index in [-0.39, 0.29) is 0 Å². The van der Waals surface area contributed by atoms with Crippen LogP contribution < -0.4 is 0 Å². The van der Waals surface area contributed by atoms with E-state index >= 15 is 0 Å². The molecule has 0 aromatic heterocycles. The van der Waals surface area contributed by atoms with Crippen molar-refractivity contribution in [2.24, 2.45) is 0 Å². The van der Waals surface area contributed by atoms with E-state index in [1.54, 1.807) is 12.1 Å². The van der Waals surface area contributed by atoms with E-state index in [0.717, 1.165) is 10.8 Å². The minimum atomic E-state index is -1.27. The monoisotopic (exact) mass is 188 g/mol. The van der Waals surface area contributed by atoms with E-state index in [1.807, 2.05) is 24.3 Å². The number of aliphatic hydroxyl groups excluding tert-OH is 1. The molecule has 2 aromatic rings. The number of hydrogen-bond acceptors (Lipinski definition) is 1. The van der Waals surface area contributed by atoms with Crippen LogP contribution in [0, 0.1) is 0 Å². The van der Waals surface area contributed by atoms with E-state index < -0.39 is 12.3 Å². The summed E-state index contributed by atoms with van der Waals surface area (Å²) in [5, 5.41) is 11.5. The molecule has 70 valence electrons. The second-order valence-corrected chi connectivity index (χ2v) is 3.64. The van der Waals surface area contributed by atoms with Crippen LogP contribution >= 0.6 is 0 Å². The Balaban J connectivity index is 2.49. The van der Waals surface area contributed by atoms with E-state index in [9.17, 15) is 9.50 Å². The highest BCUT2D eigenvalue weighted by molar-refractivity contribution is 5.91. The van der Waals surface area contributed by atoms with E-state index in [1.165, 1.54) is 0 Å². The molecule has 0 amide bonds.